The molecule has 3 nitrogen and oxygen atoms in total. The average Bonchev–Trinajstić information content (AvgIpc) is 2.37. The molecule has 1 atom stereocenters. The summed E-state index contributed by atoms with van der Waals surface area (Å²) in [6, 6.07) is 9.76. The number of hydrogen-bond donors (Lipinski definition) is 1. The highest BCUT2D eigenvalue weighted by molar-refractivity contribution is 8.12. The maximum atomic E-state index is 9.44. The van der Waals surface area contributed by atoms with Gasteiger partial charge >= 0.3 is 5.17 Å². The molecule has 1 aromatic rings. The molecule has 0 saturated heterocycles. The van der Waals surface area contributed by atoms with Crippen LogP contribution in [-0.4, -0.2) is 56.7 Å². The van der Waals surface area contributed by atoms with Gasteiger partial charge in [-0.1, -0.05) is 24.3 Å². The molecule has 0 saturated carbocycles. The Morgan fingerprint density at radius 3 is 2.20 bits per heavy atom. The molecule has 1 unspecified atom stereocenters. The van der Waals surface area contributed by atoms with Crippen LogP contribution >= 0.6 is 11.8 Å². The lowest BCUT2D eigenvalue weighted by Gasteiger charge is -2.10. The van der Waals surface area contributed by atoms with E-state index in [0.29, 0.717) is 0 Å². The molecule has 1 rings (SSSR count). The minimum atomic E-state index is -1.42. The van der Waals surface area contributed by atoms with E-state index in [2.05, 4.69) is 61.9 Å². The number of nitrogens with zero attached hydrogens (tertiary/aromatic N) is 2. The first-order valence-corrected chi connectivity index (χ1v) is 10.5. The molecule has 0 aliphatic rings. The minimum absolute atomic E-state index is 0.966. The molecule has 0 aromatic heterocycles. The van der Waals surface area contributed by atoms with Crippen LogP contribution in [0.3, 0.4) is 0 Å². The lowest BCUT2D eigenvalue weighted by molar-refractivity contribution is -0.466. The number of benzene rings is 1. The summed E-state index contributed by atoms with van der Waals surface area (Å²) < 4.78 is 2.15. The summed E-state index contributed by atoms with van der Waals surface area (Å²) in [7, 11) is 6.88. The van der Waals surface area contributed by atoms with Crippen molar-refractivity contribution in [3.8, 4) is 0 Å². The quantitative estimate of drug-likeness (QED) is 0.390. The van der Waals surface area contributed by atoms with E-state index in [9.17, 15) is 4.80 Å². The number of aryl methyl sites for hydroxylation is 1. The van der Waals surface area contributed by atoms with Crippen molar-refractivity contribution in [2.45, 2.75) is 24.8 Å². The second-order valence-electron chi connectivity index (χ2n) is 5.56. The van der Waals surface area contributed by atoms with E-state index in [0.717, 1.165) is 18.2 Å². The van der Waals surface area contributed by atoms with Crippen molar-refractivity contribution in [1.29, 1.82) is 0 Å². The summed E-state index contributed by atoms with van der Waals surface area (Å²) in [4.78, 5) is 11.6. The van der Waals surface area contributed by atoms with Crippen LogP contribution in [0.4, 0.5) is 0 Å². The molecule has 0 bridgehead atoms. The molecular weight excluding hydrogens is 284 g/mol. The van der Waals surface area contributed by atoms with Gasteiger partial charge in [-0.3, -0.25) is 9.48 Å². The van der Waals surface area contributed by atoms with Crippen LogP contribution in [0.15, 0.2) is 24.3 Å². The summed E-state index contributed by atoms with van der Waals surface area (Å²) in [5.74, 6) is 0.983. The Hall–Kier alpha value is -0.783. The molecule has 1 N–H and O–H groups in total. The third-order valence-corrected chi connectivity index (χ3v) is 5.60. The van der Waals surface area contributed by atoms with E-state index in [1.807, 2.05) is 18.3 Å². The van der Waals surface area contributed by atoms with Crippen LogP contribution in [0, 0.1) is 0 Å². The summed E-state index contributed by atoms with van der Waals surface area (Å²) in [5, 5.41) is 1.26. The second-order valence-corrected chi connectivity index (χ2v) is 8.78. The Bertz CT molecular complexity index is 440. The van der Waals surface area contributed by atoms with Crippen LogP contribution in [0.5, 0.6) is 0 Å². The van der Waals surface area contributed by atoms with Gasteiger partial charge < -0.3 is 4.80 Å². The van der Waals surface area contributed by atoms with Crippen LogP contribution in [0.2, 0.25) is 12.6 Å². The molecule has 0 heterocycles. The van der Waals surface area contributed by atoms with Gasteiger partial charge in [0.15, 0.2) is 9.04 Å². The molecule has 0 amide bonds. The largest absolute Gasteiger partial charge is 0.435 e. The highest BCUT2D eigenvalue weighted by Gasteiger charge is 2.12. The van der Waals surface area contributed by atoms with E-state index in [1.54, 1.807) is 0 Å². The molecule has 0 spiro atoms. The fourth-order valence-corrected chi connectivity index (χ4v) is 3.74. The lowest BCUT2D eigenvalue weighted by atomic mass is 10.1. The first-order chi connectivity index (χ1) is 9.40. The molecule has 0 radical (unpaired) electrons. The smallest absolute Gasteiger partial charge is 0.307 e. The Kier molecular flexibility index (Phi) is 7.33. The molecule has 0 aliphatic carbocycles. The highest BCUT2D eigenvalue weighted by Crippen LogP contribution is 2.16. The molecule has 1 aromatic carbocycles. The van der Waals surface area contributed by atoms with Gasteiger partial charge in [-0.25, -0.2) is 0 Å². The Labute approximate surface area is 129 Å². The SMILES string of the molecule is CN(C)C(SCc1ccc(CC[SiH](C)O)cc1)=[N+](C)C. The molecular formula is C15H27N2OSSi+. The highest BCUT2D eigenvalue weighted by atomic mass is 32.2. The fourth-order valence-electron chi connectivity index (χ4n) is 1.98. The van der Waals surface area contributed by atoms with Crippen LogP contribution < -0.4 is 0 Å². The van der Waals surface area contributed by atoms with Gasteiger partial charge in [0.1, 0.15) is 0 Å². The summed E-state index contributed by atoms with van der Waals surface area (Å²) >= 11 is 1.85. The zero-order valence-corrected chi connectivity index (χ0v) is 15.2. The van der Waals surface area contributed by atoms with Gasteiger partial charge in [-0.05, 0) is 41.9 Å². The van der Waals surface area contributed by atoms with Crippen molar-refractivity contribution in [2.24, 2.45) is 0 Å². The zero-order valence-electron chi connectivity index (χ0n) is 13.3. The van der Waals surface area contributed by atoms with Crippen molar-refractivity contribution >= 4 is 26.0 Å². The van der Waals surface area contributed by atoms with Crippen molar-refractivity contribution in [2.75, 3.05) is 28.2 Å². The van der Waals surface area contributed by atoms with E-state index >= 15 is 0 Å². The van der Waals surface area contributed by atoms with Crippen molar-refractivity contribution < 1.29 is 9.37 Å². The summed E-state index contributed by atoms with van der Waals surface area (Å²) in [5.41, 5.74) is 2.67. The third kappa shape index (κ3) is 6.11. The molecule has 112 valence electrons. The van der Waals surface area contributed by atoms with Crippen molar-refractivity contribution in [1.82, 2.24) is 4.90 Å². The fraction of sp³-hybridized carbons (Fsp3) is 0.533. The van der Waals surface area contributed by atoms with Gasteiger partial charge in [-0.15, -0.1) is 0 Å². The Morgan fingerprint density at radius 2 is 1.75 bits per heavy atom. The first kappa shape index (κ1) is 17.3. The van der Waals surface area contributed by atoms with Gasteiger partial charge in [0.05, 0.1) is 28.2 Å². The van der Waals surface area contributed by atoms with Gasteiger partial charge in [0.25, 0.3) is 0 Å². The normalized spacial score (nSPS) is 12.1. The maximum absolute atomic E-state index is 9.44. The van der Waals surface area contributed by atoms with Gasteiger partial charge in [0.2, 0.25) is 0 Å². The zero-order chi connectivity index (χ0) is 15.1. The molecule has 0 fully saturated rings. The van der Waals surface area contributed by atoms with Crippen LogP contribution in [0.1, 0.15) is 11.1 Å². The number of thioether (sulfide) groups is 1. The number of amidine groups is 1. The molecule has 5 heteroatoms. The Balaban J connectivity index is 2.55. The standard InChI is InChI=1S/C15H27N2OSSi/c1-16(2)15(17(3)4)19-12-14-8-6-13(7-9-14)10-11-20(5)18/h6-9,18,20H,10-12H2,1-5H3/q+1. The summed E-state index contributed by atoms with van der Waals surface area (Å²) in [6.45, 7) is 1.98. The number of hydrogen-bond acceptors (Lipinski definition) is 2. The van der Waals surface area contributed by atoms with Crippen molar-refractivity contribution in [3.63, 3.8) is 0 Å². The van der Waals surface area contributed by atoms with E-state index in [-0.39, 0.29) is 0 Å². The number of rotatable bonds is 5. The van der Waals surface area contributed by atoms with Gasteiger partial charge in [0, 0.05) is 5.75 Å². The van der Waals surface area contributed by atoms with Crippen molar-refractivity contribution in [3.05, 3.63) is 35.4 Å². The predicted molar refractivity (Wildman–Crippen MR) is 92.3 cm³/mol. The summed E-state index contributed by atoms with van der Waals surface area (Å²) in [6.07, 6.45) is 1.00. The minimum Gasteiger partial charge on any atom is -0.435 e. The predicted octanol–water partition coefficient (Wildman–Crippen LogP) is 2.00. The monoisotopic (exact) mass is 311 g/mol. The maximum Gasteiger partial charge on any atom is 0.307 e. The second kappa shape index (κ2) is 8.49. The molecule has 20 heavy (non-hydrogen) atoms. The molecule has 0 aliphatic heterocycles. The van der Waals surface area contributed by atoms with Crippen LogP contribution in [-0.2, 0) is 12.2 Å². The van der Waals surface area contributed by atoms with E-state index in [4.69, 9.17) is 0 Å². The third-order valence-electron chi connectivity index (χ3n) is 3.01. The topological polar surface area (TPSA) is 26.5 Å². The Morgan fingerprint density at radius 1 is 1.20 bits per heavy atom. The average molecular weight is 312 g/mol. The first-order valence-electron chi connectivity index (χ1n) is 7.00. The van der Waals surface area contributed by atoms with E-state index < -0.39 is 9.04 Å². The lowest BCUT2D eigenvalue weighted by Crippen LogP contribution is -2.26. The van der Waals surface area contributed by atoms with Crippen LogP contribution in [0.25, 0.3) is 0 Å². The van der Waals surface area contributed by atoms with E-state index in [1.165, 1.54) is 16.3 Å². The van der Waals surface area contributed by atoms with Gasteiger partial charge in [-0.2, -0.15) is 0 Å².